The summed E-state index contributed by atoms with van der Waals surface area (Å²) in [6.07, 6.45) is 23.5. The molecule has 0 bridgehead atoms. The molecule has 18 rings (SSSR count). The van der Waals surface area contributed by atoms with Gasteiger partial charge in [0.1, 0.15) is 0 Å². The van der Waals surface area contributed by atoms with Crippen LogP contribution >= 0.6 is 0 Å². The first-order chi connectivity index (χ1) is 64.1. The Kier molecular flexibility index (Phi) is 86.5. The summed E-state index contributed by atoms with van der Waals surface area (Å²) in [7, 11) is -29.7. The van der Waals surface area contributed by atoms with Crippen molar-refractivity contribution in [2.75, 3.05) is 105 Å². The van der Waals surface area contributed by atoms with Gasteiger partial charge in [0.15, 0.2) is 114 Å². The topological polar surface area (TPSA) is 1810 Å². The summed E-state index contributed by atoms with van der Waals surface area (Å²) in [5, 5.41) is 175. The van der Waals surface area contributed by atoms with Crippen LogP contribution in [-0.2, 0) is 58.4 Å². The molecule has 36 N–H and O–H groups in total. The first-order valence-corrected chi connectivity index (χ1v) is 35.9. The molecule has 0 unspecified atom stereocenters. The van der Waals surface area contributed by atoms with Gasteiger partial charge in [-0.3, -0.25) is 0 Å². The van der Waals surface area contributed by atoms with E-state index in [1.54, 1.807) is 0 Å². The first kappa shape index (κ1) is 141. The average molecular weight is 2320 g/mol. The maximum atomic E-state index is 8.49. The Hall–Kier alpha value is -17.7. The minimum atomic E-state index is -4.94. The van der Waals surface area contributed by atoms with Gasteiger partial charge in [-0.1, -0.05) is 0 Å². The van der Waals surface area contributed by atoms with Gasteiger partial charge in [-0.2, -0.15) is 0 Å². The predicted molar refractivity (Wildman–Crippen MR) is 323 cm³/mol. The molecule has 141 heavy (non-hydrogen) atoms. The van der Waals surface area contributed by atoms with Crippen LogP contribution in [0.1, 0.15) is 0 Å². The van der Waals surface area contributed by atoms with Gasteiger partial charge in [-0.05, 0) is 188 Å². The second-order valence-electron chi connectivity index (χ2n) is 16.5. The van der Waals surface area contributed by atoms with E-state index in [0.29, 0.717) is 0 Å². The number of tetrazole rings is 18. The van der Waals surface area contributed by atoms with Crippen molar-refractivity contribution in [1.82, 2.24) is 366 Å². The van der Waals surface area contributed by atoms with Crippen LogP contribution < -0.4 is 217 Å². The molecule has 0 saturated carbocycles. The van der Waals surface area contributed by atoms with E-state index in [1.165, 1.54) is 114 Å². The smallest absolute Gasteiger partial charge is 0.320 e. The van der Waals surface area contributed by atoms with E-state index in [1.807, 2.05) is 0 Å². The summed E-state index contributed by atoms with van der Waals surface area (Å²) in [4.78, 5) is 18.5. The maximum absolute atomic E-state index is 8.49. The predicted octanol–water partition coefficient (Wildman–Crippen LogP) is -57.6. The van der Waals surface area contributed by atoms with E-state index in [-0.39, 0.29) is 58.4 Å². The number of hydrogen-bond donors (Lipinski definition) is 18. The third kappa shape index (κ3) is 151. The van der Waals surface area contributed by atoms with E-state index in [9.17, 15) is 0 Å². The van der Waals surface area contributed by atoms with Crippen molar-refractivity contribution in [3.63, 3.8) is 0 Å². The van der Waals surface area contributed by atoms with Crippen molar-refractivity contribution < 1.29 is 232 Å². The molecule has 123 heteroatoms. The Bertz CT molecular complexity index is 3810. The number of nitrogens with zero attached hydrogens (tertiary/aromatic N) is 72. The molecule has 0 aliphatic heterocycles. The van der Waals surface area contributed by atoms with Crippen LogP contribution in [0.2, 0.25) is 0 Å². The van der Waals surface area contributed by atoms with E-state index in [4.69, 9.17) is 217 Å². The molecular formula is C18H54Cl6N90O24Zn3. The van der Waals surface area contributed by atoms with Crippen molar-refractivity contribution in [1.29, 1.82) is 0 Å². The van der Waals surface area contributed by atoms with Crippen molar-refractivity contribution in [3.8, 4) is 0 Å². The summed E-state index contributed by atoms with van der Waals surface area (Å²) in [5.74, 6) is 89.2. The van der Waals surface area contributed by atoms with E-state index >= 15 is 0 Å². The summed E-state index contributed by atoms with van der Waals surface area (Å²) in [6, 6.07) is 0. The normalized spacial score (nSPS) is 9.19. The zero-order chi connectivity index (χ0) is 106. The fourth-order valence-corrected chi connectivity index (χ4v) is 3.03. The quantitative estimate of drug-likeness (QED) is 0.0495. The Labute approximate surface area is 812 Å². The standard InChI is InChI=1S/18CH3N5.6ClHO4.3Zn/c18*2-6-1-3-4-5-6;6*2-1(3,4)5;;;/h18*1H,2H2;6*(H,2,3,4,5);;;/q;;;;;;;;;;;;;;;;;;;;;;;;3*+2/p-6. The Morgan fingerprint density at radius 1 is 0.106 bits per heavy atom. The molecule has 0 radical (unpaired) electrons. The van der Waals surface area contributed by atoms with Crippen LogP contribution in [0.4, 0.5) is 0 Å². The monoisotopic (exact) mass is 2320 g/mol. The van der Waals surface area contributed by atoms with E-state index in [0.717, 1.165) is 86.2 Å². The molecule has 114 nitrogen and oxygen atoms in total. The van der Waals surface area contributed by atoms with Crippen LogP contribution in [0.15, 0.2) is 114 Å². The van der Waals surface area contributed by atoms with Gasteiger partial charge in [0.25, 0.3) is 0 Å². The summed E-state index contributed by atoms with van der Waals surface area (Å²) in [6.45, 7) is 0. The Morgan fingerprint density at radius 2 is 0.142 bits per heavy atom. The van der Waals surface area contributed by atoms with Crippen molar-refractivity contribution in [3.05, 3.63) is 114 Å². The van der Waals surface area contributed by atoms with Gasteiger partial charge >= 0.3 is 58.4 Å². The molecule has 0 amide bonds. The van der Waals surface area contributed by atoms with Crippen molar-refractivity contribution in [2.45, 2.75) is 0 Å². The third-order valence-corrected chi connectivity index (χ3v) is 6.57. The number of nitrogen functional groups attached to an aromatic ring is 18. The molecule has 18 heterocycles. The van der Waals surface area contributed by atoms with E-state index in [2.05, 4.69) is 279 Å². The zero-order valence-electron chi connectivity index (χ0n) is 67.2. The van der Waals surface area contributed by atoms with Gasteiger partial charge < -0.3 is 105 Å². The van der Waals surface area contributed by atoms with Crippen molar-refractivity contribution >= 4 is 0 Å². The van der Waals surface area contributed by atoms with Gasteiger partial charge in [0.05, 0.1) is 0 Å². The summed E-state index contributed by atoms with van der Waals surface area (Å²) in [5.41, 5.74) is 0. The Balaban J connectivity index is -0.000000184. The molecule has 0 spiro atoms. The fraction of sp³-hybridized carbons (Fsp3) is 0. The zero-order valence-corrected chi connectivity index (χ0v) is 80.6. The second-order valence-corrected chi connectivity index (χ2v) is 21.0. The molecule has 18 aromatic heterocycles. The minimum absolute atomic E-state index is 0. The van der Waals surface area contributed by atoms with Gasteiger partial charge in [0.2, 0.25) is 0 Å². The fourth-order valence-electron chi connectivity index (χ4n) is 3.03. The number of rotatable bonds is 0. The molecule has 0 aromatic carbocycles. The van der Waals surface area contributed by atoms with Gasteiger partial charge in [-0.15, -0.1) is 239 Å². The number of hydrogen-bond acceptors (Lipinski definition) is 96. The molecule has 0 fully saturated rings. The van der Waals surface area contributed by atoms with Gasteiger partial charge in [0, 0.05) is 0 Å². The average Bonchev–Trinajstić information content (AvgIpc) is 1.94. The third-order valence-electron chi connectivity index (χ3n) is 6.57. The van der Waals surface area contributed by atoms with Crippen LogP contribution in [0.5, 0.6) is 0 Å². The number of nitrogens with two attached hydrogens (primary N) is 18. The van der Waals surface area contributed by atoms with Crippen LogP contribution in [0, 0.1) is 61.5 Å². The van der Waals surface area contributed by atoms with Crippen molar-refractivity contribution in [2.24, 2.45) is 0 Å². The molecule has 0 atom stereocenters. The maximum Gasteiger partial charge on any atom is 2.00 e. The Morgan fingerprint density at radius 3 is 0.149 bits per heavy atom. The molecule has 768 valence electrons. The number of halogens is 6. The summed E-state index contributed by atoms with van der Waals surface area (Å²) >= 11 is 0. The molecular weight excluding hydrogens is 2270 g/mol. The molecule has 0 saturated heterocycles. The second kappa shape index (κ2) is 86.4. The van der Waals surface area contributed by atoms with Crippen LogP contribution in [0.3, 0.4) is 0 Å². The SMILES string of the molecule is Nn1cnnn1.Nn1cnnn1.Nn1cnnn1.Nn1cnnn1.Nn1cnnn1.Nn1cnnn1.Nn1cnnn1.Nn1cnnn1.Nn1cnnn1.Nn1cnnn1.Nn1cnnn1.Nn1cnnn1.Nn1cnnn1.Nn1cnnn1.Nn1cnnn1.Nn1cnnn1.Nn1cnnn1.Nn1cnnn1.[O-][Cl+3]([O-])([O-])[O-].[O-][Cl+3]([O-])([O-])[O-].[O-][Cl+3]([O-])([O-])[O-].[O-][Cl+3]([O-])([O-])[O-].[O-][Cl+3]([O-])([O-])[O-].[O-][Cl+3]([O-])([O-])[O-].[Zn+2].[Zn+2].[Zn+2]. The van der Waals surface area contributed by atoms with Gasteiger partial charge in [-0.25, -0.2) is 112 Å². The minimum Gasteiger partial charge on any atom is -0.320 e. The molecule has 0 aliphatic carbocycles. The number of aromatic nitrogens is 72. The molecule has 18 aromatic rings. The summed E-state index contributed by atoms with van der Waals surface area (Å²) < 4.78 is 204. The van der Waals surface area contributed by atoms with E-state index < -0.39 is 61.5 Å². The van der Waals surface area contributed by atoms with Crippen LogP contribution in [-0.4, -0.2) is 366 Å². The first-order valence-electron chi connectivity index (χ1n) is 28.4. The molecule has 0 aliphatic rings. The largest absolute Gasteiger partial charge is 2.00 e. The van der Waals surface area contributed by atoms with Crippen LogP contribution in [0.25, 0.3) is 0 Å².